The molecule has 0 aromatic heterocycles. The summed E-state index contributed by atoms with van der Waals surface area (Å²) in [6.07, 6.45) is 3.61. The Hall–Kier alpha value is -1.06. The standard InChI is InChI=1S/C15H24N2O/c1-4-11-9-12(5-8-15(11)18-3)14(10-16)17(2)13-6-7-13/h5,8-9,13-14H,4,6-7,10,16H2,1-3H3. The van der Waals surface area contributed by atoms with Crippen LogP contribution in [-0.4, -0.2) is 31.6 Å². The number of nitrogens with zero attached hydrogens (tertiary/aromatic N) is 1. The molecule has 1 unspecified atom stereocenters. The minimum absolute atomic E-state index is 0.328. The maximum Gasteiger partial charge on any atom is 0.122 e. The quantitative estimate of drug-likeness (QED) is 0.840. The smallest absolute Gasteiger partial charge is 0.122 e. The van der Waals surface area contributed by atoms with E-state index >= 15 is 0 Å². The van der Waals surface area contributed by atoms with Crippen LogP contribution in [0.2, 0.25) is 0 Å². The van der Waals surface area contributed by atoms with Crippen molar-refractivity contribution in [3.05, 3.63) is 29.3 Å². The molecule has 0 bridgehead atoms. The molecule has 2 rings (SSSR count). The van der Waals surface area contributed by atoms with Gasteiger partial charge in [0, 0.05) is 18.6 Å². The summed E-state index contributed by atoms with van der Waals surface area (Å²) in [7, 11) is 3.91. The summed E-state index contributed by atoms with van der Waals surface area (Å²) in [5.74, 6) is 0.978. The molecule has 0 amide bonds. The van der Waals surface area contributed by atoms with Crippen molar-refractivity contribution in [2.45, 2.75) is 38.3 Å². The zero-order chi connectivity index (χ0) is 13.1. The molecular weight excluding hydrogens is 224 g/mol. The van der Waals surface area contributed by atoms with Crippen molar-refractivity contribution in [1.82, 2.24) is 4.90 Å². The number of hydrogen-bond donors (Lipinski definition) is 1. The van der Waals surface area contributed by atoms with Crippen LogP contribution in [0, 0.1) is 0 Å². The molecule has 1 aromatic carbocycles. The van der Waals surface area contributed by atoms with Crippen LogP contribution < -0.4 is 10.5 Å². The van der Waals surface area contributed by atoms with E-state index in [1.54, 1.807) is 7.11 Å². The topological polar surface area (TPSA) is 38.5 Å². The van der Waals surface area contributed by atoms with Crippen molar-refractivity contribution >= 4 is 0 Å². The molecule has 0 radical (unpaired) electrons. The van der Waals surface area contributed by atoms with Gasteiger partial charge in [-0.05, 0) is 43.5 Å². The van der Waals surface area contributed by atoms with Gasteiger partial charge in [-0.15, -0.1) is 0 Å². The van der Waals surface area contributed by atoms with Crippen LogP contribution in [0.15, 0.2) is 18.2 Å². The molecule has 100 valence electrons. The molecule has 2 N–H and O–H groups in total. The average Bonchev–Trinajstić information content (AvgIpc) is 3.23. The third-order valence-electron chi connectivity index (χ3n) is 3.91. The first-order chi connectivity index (χ1) is 8.71. The summed E-state index contributed by atoms with van der Waals surface area (Å²) in [5, 5.41) is 0. The van der Waals surface area contributed by atoms with E-state index in [1.807, 2.05) is 0 Å². The van der Waals surface area contributed by atoms with Gasteiger partial charge in [0.05, 0.1) is 7.11 Å². The number of ether oxygens (including phenoxy) is 1. The van der Waals surface area contributed by atoms with Gasteiger partial charge in [0.15, 0.2) is 0 Å². The van der Waals surface area contributed by atoms with Crippen LogP contribution in [-0.2, 0) is 6.42 Å². The van der Waals surface area contributed by atoms with Gasteiger partial charge in [0.2, 0.25) is 0 Å². The summed E-state index contributed by atoms with van der Waals surface area (Å²) in [6.45, 7) is 2.83. The Morgan fingerprint density at radius 2 is 2.17 bits per heavy atom. The summed E-state index contributed by atoms with van der Waals surface area (Å²) < 4.78 is 5.38. The fraction of sp³-hybridized carbons (Fsp3) is 0.600. The van der Waals surface area contributed by atoms with Crippen LogP contribution in [0.5, 0.6) is 5.75 Å². The summed E-state index contributed by atoms with van der Waals surface area (Å²) in [4.78, 5) is 2.42. The van der Waals surface area contributed by atoms with Gasteiger partial charge in [-0.25, -0.2) is 0 Å². The van der Waals surface area contributed by atoms with Crippen molar-refractivity contribution in [2.24, 2.45) is 5.73 Å². The first kappa shape index (κ1) is 13.4. The lowest BCUT2D eigenvalue weighted by Crippen LogP contribution is -2.32. The Kier molecular flexibility index (Phi) is 4.25. The number of nitrogens with two attached hydrogens (primary N) is 1. The van der Waals surface area contributed by atoms with Crippen LogP contribution in [0.25, 0.3) is 0 Å². The monoisotopic (exact) mass is 248 g/mol. The van der Waals surface area contributed by atoms with E-state index in [0.717, 1.165) is 18.2 Å². The number of rotatable bonds is 6. The third kappa shape index (κ3) is 2.68. The van der Waals surface area contributed by atoms with E-state index in [1.165, 1.54) is 24.0 Å². The lowest BCUT2D eigenvalue weighted by atomic mass is 10.0. The molecule has 1 aliphatic rings. The van der Waals surface area contributed by atoms with Gasteiger partial charge in [-0.3, -0.25) is 4.90 Å². The zero-order valence-electron chi connectivity index (χ0n) is 11.6. The molecule has 0 spiro atoms. The largest absolute Gasteiger partial charge is 0.496 e. The second kappa shape index (κ2) is 5.72. The Balaban J connectivity index is 2.24. The molecule has 1 fully saturated rings. The Bertz CT molecular complexity index is 401. The number of aryl methyl sites for hydroxylation is 1. The fourth-order valence-electron chi connectivity index (χ4n) is 2.56. The molecule has 1 aromatic rings. The molecule has 0 saturated heterocycles. The Morgan fingerprint density at radius 1 is 1.44 bits per heavy atom. The maximum atomic E-state index is 5.96. The van der Waals surface area contributed by atoms with Crippen molar-refractivity contribution in [2.75, 3.05) is 20.7 Å². The number of benzene rings is 1. The fourth-order valence-corrected chi connectivity index (χ4v) is 2.56. The highest BCUT2D eigenvalue weighted by Crippen LogP contribution is 2.33. The van der Waals surface area contributed by atoms with E-state index in [2.05, 4.69) is 37.1 Å². The highest BCUT2D eigenvalue weighted by molar-refractivity contribution is 5.38. The molecule has 3 heteroatoms. The minimum atomic E-state index is 0.328. The lowest BCUT2D eigenvalue weighted by Gasteiger charge is -2.28. The average molecular weight is 248 g/mol. The van der Waals surface area contributed by atoms with E-state index in [4.69, 9.17) is 10.5 Å². The van der Waals surface area contributed by atoms with Crippen LogP contribution in [0.1, 0.15) is 36.9 Å². The van der Waals surface area contributed by atoms with Gasteiger partial charge < -0.3 is 10.5 Å². The SMILES string of the molecule is CCc1cc(C(CN)N(C)C2CC2)ccc1OC. The first-order valence-corrected chi connectivity index (χ1v) is 6.80. The van der Waals surface area contributed by atoms with Crippen LogP contribution in [0.4, 0.5) is 0 Å². The van der Waals surface area contributed by atoms with E-state index < -0.39 is 0 Å². The maximum absolute atomic E-state index is 5.96. The van der Waals surface area contributed by atoms with E-state index in [9.17, 15) is 0 Å². The molecule has 1 atom stereocenters. The predicted molar refractivity (Wildman–Crippen MR) is 75.0 cm³/mol. The Labute approximate surface area is 110 Å². The van der Waals surface area contributed by atoms with Gasteiger partial charge in [0.25, 0.3) is 0 Å². The van der Waals surface area contributed by atoms with Crippen molar-refractivity contribution < 1.29 is 4.74 Å². The highest BCUT2D eigenvalue weighted by Gasteiger charge is 2.31. The normalized spacial score (nSPS) is 16.9. The molecule has 0 heterocycles. The van der Waals surface area contributed by atoms with Crippen molar-refractivity contribution in [3.8, 4) is 5.75 Å². The molecule has 1 aliphatic carbocycles. The van der Waals surface area contributed by atoms with E-state index in [-0.39, 0.29) is 0 Å². The summed E-state index contributed by atoms with van der Waals surface area (Å²) in [5.41, 5.74) is 8.53. The van der Waals surface area contributed by atoms with Crippen LogP contribution in [0.3, 0.4) is 0 Å². The van der Waals surface area contributed by atoms with Crippen molar-refractivity contribution in [3.63, 3.8) is 0 Å². The molecule has 18 heavy (non-hydrogen) atoms. The molecule has 1 saturated carbocycles. The van der Waals surface area contributed by atoms with Gasteiger partial charge in [0.1, 0.15) is 5.75 Å². The number of hydrogen-bond acceptors (Lipinski definition) is 3. The second-order valence-corrected chi connectivity index (χ2v) is 5.07. The van der Waals surface area contributed by atoms with Crippen LogP contribution >= 0.6 is 0 Å². The molecular formula is C15H24N2O. The summed E-state index contributed by atoms with van der Waals surface area (Å²) >= 11 is 0. The first-order valence-electron chi connectivity index (χ1n) is 6.80. The van der Waals surface area contributed by atoms with E-state index in [0.29, 0.717) is 12.6 Å². The lowest BCUT2D eigenvalue weighted by molar-refractivity contribution is 0.240. The van der Waals surface area contributed by atoms with Gasteiger partial charge in [-0.2, -0.15) is 0 Å². The third-order valence-corrected chi connectivity index (χ3v) is 3.91. The predicted octanol–water partition coefficient (Wildman–Crippen LogP) is 2.35. The number of methoxy groups -OCH3 is 1. The summed E-state index contributed by atoms with van der Waals surface area (Å²) in [6, 6.07) is 7.51. The number of likely N-dealkylation sites (N-methyl/N-ethyl adjacent to an activating group) is 1. The highest BCUT2D eigenvalue weighted by atomic mass is 16.5. The minimum Gasteiger partial charge on any atom is -0.496 e. The van der Waals surface area contributed by atoms with Gasteiger partial charge >= 0.3 is 0 Å². The Morgan fingerprint density at radius 3 is 2.67 bits per heavy atom. The van der Waals surface area contributed by atoms with Gasteiger partial charge in [-0.1, -0.05) is 19.1 Å². The molecule has 0 aliphatic heterocycles. The van der Waals surface area contributed by atoms with Crippen molar-refractivity contribution in [1.29, 1.82) is 0 Å². The zero-order valence-corrected chi connectivity index (χ0v) is 11.6. The second-order valence-electron chi connectivity index (χ2n) is 5.07. The molecule has 3 nitrogen and oxygen atoms in total.